The summed E-state index contributed by atoms with van der Waals surface area (Å²) in [6, 6.07) is 16.1. The minimum absolute atomic E-state index is 0.312. The van der Waals surface area contributed by atoms with Crippen LogP contribution in [0.3, 0.4) is 0 Å². The molecular formula is C19H20ClN3. The van der Waals surface area contributed by atoms with E-state index in [1.54, 1.807) is 0 Å². The van der Waals surface area contributed by atoms with Gasteiger partial charge in [-0.15, -0.1) is 0 Å². The lowest BCUT2D eigenvalue weighted by Gasteiger charge is -2.34. The van der Waals surface area contributed by atoms with Crippen LogP contribution in [-0.2, 0) is 5.54 Å². The van der Waals surface area contributed by atoms with Crippen molar-refractivity contribution in [3.8, 4) is 5.69 Å². The summed E-state index contributed by atoms with van der Waals surface area (Å²) in [6.07, 6.45) is 5.64. The SMILES string of the molecule is NC1(c2c3ccccc3nn2-c2ccc(Cl)cc2)CCCCC1. The fourth-order valence-corrected chi connectivity index (χ4v) is 3.83. The van der Waals surface area contributed by atoms with Gasteiger partial charge in [-0.2, -0.15) is 5.10 Å². The van der Waals surface area contributed by atoms with E-state index in [4.69, 9.17) is 22.4 Å². The molecule has 1 fully saturated rings. The zero-order chi connectivity index (χ0) is 15.9. The maximum atomic E-state index is 6.87. The van der Waals surface area contributed by atoms with Crippen LogP contribution in [0.1, 0.15) is 37.8 Å². The summed E-state index contributed by atoms with van der Waals surface area (Å²) in [5, 5.41) is 6.71. The van der Waals surface area contributed by atoms with E-state index in [1.807, 2.05) is 35.0 Å². The van der Waals surface area contributed by atoms with Crippen LogP contribution in [0, 0.1) is 0 Å². The summed E-state index contributed by atoms with van der Waals surface area (Å²) in [5.74, 6) is 0. The Kier molecular flexibility index (Phi) is 3.63. The van der Waals surface area contributed by atoms with Gasteiger partial charge in [0, 0.05) is 10.4 Å². The molecule has 0 atom stereocenters. The average Bonchev–Trinajstić information content (AvgIpc) is 2.96. The van der Waals surface area contributed by atoms with Crippen molar-refractivity contribution in [2.75, 3.05) is 0 Å². The summed E-state index contributed by atoms with van der Waals surface area (Å²) >= 11 is 6.04. The number of rotatable bonds is 2. The first-order valence-electron chi connectivity index (χ1n) is 8.20. The van der Waals surface area contributed by atoms with E-state index in [-0.39, 0.29) is 5.54 Å². The summed E-state index contributed by atoms with van der Waals surface area (Å²) in [5.41, 5.74) is 9.70. The molecular weight excluding hydrogens is 306 g/mol. The first-order valence-corrected chi connectivity index (χ1v) is 8.58. The van der Waals surface area contributed by atoms with Gasteiger partial charge in [-0.05, 0) is 43.2 Å². The van der Waals surface area contributed by atoms with E-state index >= 15 is 0 Å². The van der Waals surface area contributed by atoms with E-state index in [2.05, 4.69) is 18.2 Å². The average molecular weight is 326 g/mol. The van der Waals surface area contributed by atoms with Crippen LogP contribution in [0.15, 0.2) is 48.5 Å². The maximum absolute atomic E-state index is 6.87. The minimum atomic E-state index is -0.312. The van der Waals surface area contributed by atoms with Crippen LogP contribution >= 0.6 is 11.6 Å². The Morgan fingerprint density at radius 2 is 1.65 bits per heavy atom. The topological polar surface area (TPSA) is 43.8 Å². The van der Waals surface area contributed by atoms with Crippen molar-refractivity contribution in [2.24, 2.45) is 5.73 Å². The Morgan fingerprint density at radius 1 is 0.957 bits per heavy atom. The summed E-state index contributed by atoms with van der Waals surface area (Å²) in [7, 11) is 0. The van der Waals surface area contributed by atoms with Gasteiger partial charge in [0.15, 0.2) is 0 Å². The molecule has 1 saturated carbocycles. The molecule has 0 radical (unpaired) electrons. The lowest BCUT2D eigenvalue weighted by molar-refractivity contribution is 0.291. The van der Waals surface area contributed by atoms with Crippen molar-refractivity contribution in [3.63, 3.8) is 0 Å². The van der Waals surface area contributed by atoms with Crippen molar-refractivity contribution in [1.29, 1.82) is 0 Å². The third-order valence-electron chi connectivity index (χ3n) is 4.87. The van der Waals surface area contributed by atoms with Gasteiger partial charge in [0.1, 0.15) is 0 Å². The third-order valence-corrected chi connectivity index (χ3v) is 5.12. The van der Waals surface area contributed by atoms with E-state index < -0.39 is 0 Å². The van der Waals surface area contributed by atoms with Gasteiger partial charge < -0.3 is 5.73 Å². The van der Waals surface area contributed by atoms with Crippen molar-refractivity contribution in [2.45, 2.75) is 37.6 Å². The van der Waals surface area contributed by atoms with E-state index in [0.29, 0.717) is 0 Å². The molecule has 1 aliphatic carbocycles. The molecule has 0 aliphatic heterocycles. The number of hydrogen-bond donors (Lipinski definition) is 1. The minimum Gasteiger partial charge on any atom is -0.320 e. The van der Waals surface area contributed by atoms with Gasteiger partial charge in [0.25, 0.3) is 0 Å². The molecule has 1 aromatic heterocycles. The standard InChI is InChI=1S/C19H20ClN3/c20-14-8-10-15(11-9-14)23-18(19(21)12-4-1-5-13-19)16-6-2-3-7-17(16)22-23/h2-3,6-11H,1,4-5,12-13,21H2. The molecule has 4 rings (SSSR count). The summed E-state index contributed by atoms with van der Waals surface area (Å²) in [6.45, 7) is 0. The molecule has 0 bridgehead atoms. The number of benzene rings is 2. The number of halogens is 1. The fraction of sp³-hybridized carbons (Fsp3) is 0.316. The molecule has 0 amide bonds. The van der Waals surface area contributed by atoms with Crippen LogP contribution < -0.4 is 5.73 Å². The lowest BCUT2D eigenvalue weighted by atomic mass is 9.79. The van der Waals surface area contributed by atoms with Crippen LogP contribution in [0.2, 0.25) is 5.02 Å². The zero-order valence-electron chi connectivity index (χ0n) is 13.0. The zero-order valence-corrected chi connectivity index (χ0v) is 13.8. The number of nitrogens with zero attached hydrogens (tertiary/aromatic N) is 2. The first-order chi connectivity index (χ1) is 11.2. The Labute approximate surface area is 141 Å². The smallest absolute Gasteiger partial charge is 0.0931 e. The van der Waals surface area contributed by atoms with Crippen molar-refractivity contribution >= 4 is 22.5 Å². The molecule has 2 N–H and O–H groups in total. The molecule has 3 nitrogen and oxygen atoms in total. The highest BCUT2D eigenvalue weighted by Gasteiger charge is 2.35. The van der Waals surface area contributed by atoms with E-state index in [1.165, 1.54) is 19.3 Å². The molecule has 0 spiro atoms. The Balaban J connectivity index is 1.96. The highest BCUT2D eigenvalue weighted by Crippen LogP contribution is 2.39. The lowest BCUT2D eigenvalue weighted by Crippen LogP contribution is -2.40. The normalized spacial score (nSPS) is 17.5. The number of nitrogens with two attached hydrogens (primary N) is 1. The monoisotopic (exact) mass is 325 g/mol. The van der Waals surface area contributed by atoms with Gasteiger partial charge in [-0.3, -0.25) is 0 Å². The Morgan fingerprint density at radius 3 is 2.39 bits per heavy atom. The van der Waals surface area contributed by atoms with E-state index in [9.17, 15) is 0 Å². The maximum Gasteiger partial charge on any atom is 0.0931 e. The summed E-state index contributed by atoms with van der Waals surface area (Å²) < 4.78 is 2.02. The van der Waals surface area contributed by atoms with Gasteiger partial charge in [-0.1, -0.05) is 49.1 Å². The van der Waals surface area contributed by atoms with Crippen LogP contribution in [0.25, 0.3) is 16.6 Å². The van der Waals surface area contributed by atoms with Gasteiger partial charge in [0.2, 0.25) is 0 Å². The van der Waals surface area contributed by atoms with Crippen molar-refractivity contribution < 1.29 is 0 Å². The molecule has 1 aliphatic rings. The Bertz CT molecular complexity index is 829. The number of hydrogen-bond acceptors (Lipinski definition) is 2. The second kappa shape index (κ2) is 5.66. The number of aromatic nitrogens is 2. The number of fused-ring (bicyclic) bond motifs is 1. The molecule has 2 aromatic carbocycles. The third kappa shape index (κ3) is 2.54. The second-order valence-corrected chi connectivity index (χ2v) is 6.91. The largest absolute Gasteiger partial charge is 0.320 e. The molecule has 23 heavy (non-hydrogen) atoms. The van der Waals surface area contributed by atoms with Gasteiger partial charge in [0.05, 0.1) is 22.4 Å². The van der Waals surface area contributed by atoms with Crippen molar-refractivity contribution in [3.05, 3.63) is 59.2 Å². The second-order valence-electron chi connectivity index (χ2n) is 6.47. The highest BCUT2D eigenvalue weighted by molar-refractivity contribution is 6.30. The molecule has 118 valence electrons. The van der Waals surface area contributed by atoms with Crippen LogP contribution in [-0.4, -0.2) is 9.78 Å². The van der Waals surface area contributed by atoms with Gasteiger partial charge in [-0.25, -0.2) is 4.68 Å². The molecule has 0 unspecified atom stereocenters. The van der Waals surface area contributed by atoms with Crippen LogP contribution in [0.4, 0.5) is 0 Å². The van der Waals surface area contributed by atoms with Crippen LogP contribution in [0.5, 0.6) is 0 Å². The summed E-state index contributed by atoms with van der Waals surface area (Å²) in [4.78, 5) is 0. The predicted octanol–water partition coefficient (Wildman–Crippen LogP) is 4.80. The first kappa shape index (κ1) is 14.7. The van der Waals surface area contributed by atoms with E-state index in [0.717, 1.165) is 40.1 Å². The highest BCUT2D eigenvalue weighted by atomic mass is 35.5. The molecule has 0 saturated heterocycles. The molecule has 4 heteroatoms. The Hall–Kier alpha value is -1.84. The molecule has 1 heterocycles. The fourth-order valence-electron chi connectivity index (χ4n) is 3.70. The quantitative estimate of drug-likeness (QED) is 0.735. The van der Waals surface area contributed by atoms with Gasteiger partial charge >= 0.3 is 0 Å². The molecule has 3 aromatic rings. The predicted molar refractivity (Wildman–Crippen MR) is 95.0 cm³/mol. The van der Waals surface area contributed by atoms with Crippen molar-refractivity contribution in [1.82, 2.24) is 9.78 Å².